The molecule has 30 heavy (non-hydrogen) atoms. The number of esters is 1. The minimum absolute atomic E-state index is 0.0179. The Labute approximate surface area is 187 Å². The van der Waals surface area contributed by atoms with E-state index in [0.29, 0.717) is 15.5 Å². The summed E-state index contributed by atoms with van der Waals surface area (Å²) in [6, 6.07) is 10.5. The molecule has 3 rings (SSSR count). The predicted octanol–water partition coefficient (Wildman–Crippen LogP) is 4.95. The van der Waals surface area contributed by atoms with Crippen molar-refractivity contribution in [1.29, 1.82) is 0 Å². The summed E-state index contributed by atoms with van der Waals surface area (Å²) in [7, 11) is 0. The van der Waals surface area contributed by atoms with Crippen LogP contribution in [0.3, 0.4) is 0 Å². The van der Waals surface area contributed by atoms with Gasteiger partial charge in [0.2, 0.25) is 0 Å². The average Bonchev–Trinajstić information content (AvgIpc) is 3.06. The highest BCUT2D eigenvalue weighted by Gasteiger charge is 2.31. The second-order valence-electron chi connectivity index (χ2n) is 6.85. The van der Waals surface area contributed by atoms with Crippen LogP contribution in [-0.4, -0.2) is 27.1 Å². The zero-order chi connectivity index (χ0) is 21.8. The molecule has 7 nitrogen and oxygen atoms in total. The van der Waals surface area contributed by atoms with Crippen molar-refractivity contribution in [3.8, 4) is 0 Å². The molecule has 1 unspecified atom stereocenters. The predicted molar refractivity (Wildman–Crippen MR) is 120 cm³/mol. The van der Waals surface area contributed by atoms with E-state index in [-0.39, 0.29) is 29.6 Å². The number of rotatable bonds is 7. The quantitative estimate of drug-likeness (QED) is 0.455. The van der Waals surface area contributed by atoms with E-state index in [1.807, 2.05) is 48.7 Å². The summed E-state index contributed by atoms with van der Waals surface area (Å²) in [6.45, 7) is 5.94. The highest BCUT2D eigenvalue weighted by molar-refractivity contribution is 9.10. The molecule has 0 saturated heterocycles. The molecular formula is C21H22BrClN4O3. The van der Waals surface area contributed by atoms with E-state index in [2.05, 4.69) is 31.2 Å². The standard InChI is InChI=1S/C21H22BrClN4O3/c1-4-30-20(29)17-18(27(12(2)3)21(22)26-17)16(13-8-6-5-7-9-13)25-15-10-14(23)11-24-19(15)28/h5-12,16,25H,4H2,1-3H3,(H,24,28). The fourth-order valence-electron chi connectivity index (χ4n) is 3.21. The summed E-state index contributed by atoms with van der Waals surface area (Å²) in [4.78, 5) is 32.2. The highest BCUT2D eigenvalue weighted by Crippen LogP contribution is 2.33. The number of nitrogens with one attached hydrogen (secondary N) is 2. The Morgan fingerprint density at radius 2 is 2.03 bits per heavy atom. The number of pyridine rings is 1. The van der Waals surface area contributed by atoms with Crippen LogP contribution in [0.1, 0.15) is 54.6 Å². The molecule has 0 saturated carbocycles. The monoisotopic (exact) mass is 492 g/mol. The SMILES string of the molecule is CCOC(=O)c1nc(Br)n(C(C)C)c1C(Nc1cc(Cl)c[nH]c1=O)c1ccccc1. The number of carbonyl (C=O) groups excluding carboxylic acids is 1. The molecule has 1 aromatic carbocycles. The summed E-state index contributed by atoms with van der Waals surface area (Å²) < 4.78 is 7.64. The van der Waals surface area contributed by atoms with E-state index in [4.69, 9.17) is 16.3 Å². The zero-order valence-electron chi connectivity index (χ0n) is 16.8. The van der Waals surface area contributed by atoms with Crippen molar-refractivity contribution in [2.45, 2.75) is 32.9 Å². The van der Waals surface area contributed by atoms with E-state index < -0.39 is 12.0 Å². The molecule has 3 aromatic rings. The lowest BCUT2D eigenvalue weighted by molar-refractivity contribution is 0.0518. The first kappa shape index (κ1) is 22.1. The number of hydrogen-bond acceptors (Lipinski definition) is 5. The van der Waals surface area contributed by atoms with Gasteiger partial charge in [0.05, 0.1) is 23.4 Å². The second kappa shape index (κ2) is 9.49. The molecule has 2 aromatic heterocycles. The van der Waals surface area contributed by atoms with Crippen LogP contribution in [0.5, 0.6) is 0 Å². The first-order valence-electron chi connectivity index (χ1n) is 9.47. The summed E-state index contributed by atoms with van der Waals surface area (Å²) >= 11 is 9.56. The Kier molecular flexibility index (Phi) is 6.99. The zero-order valence-corrected chi connectivity index (χ0v) is 19.1. The molecule has 0 aliphatic carbocycles. The van der Waals surface area contributed by atoms with Gasteiger partial charge in [-0.25, -0.2) is 9.78 Å². The van der Waals surface area contributed by atoms with Crippen LogP contribution in [-0.2, 0) is 4.74 Å². The summed E-state index contributed by atoms with van der Waals surface area (Å²) in [5, 5.41) is 3.63. The second-order valence-corrected chi connectivity index (χ2v) is 7.99. The van der Waals surface area contributed by atoms with Gasteiger partial charge in [-0.2, -0.15) is 0 Å². The lowest BCUT2D eigenvalue weighted by Crippen LogP contribution is -2.24. The van der Waals surface area contributed by atoms with Crippen LogP contribution in [0.4, 0.5) is 5.69 Å². The van der Waals surface area contributed by atoms with Gasteiger partial charge in [-0.15, -0.1) is 0 Å². The number of hydrogen-bond donors (Lipinski definition) is 2. The van der Waals surface area contributed by atoms with Crippen LogP contribution < -0.4 is 10.9 Å². The van der Waals surface area contributed by atoms with Gasteiger partial charge in [-0.05, 0) is 48.3 Å². The summed E-state index contributed by atoms with van der Waals surface area (Å²) in [5.41, 5.74) is 1.56. The topological polar surface area (TPSA) is 89.0 Å². The minimum Gasteiger partial charge on any atom is -0.461 e. The van der Waals surface area contributed by atoms with E-state index in [9.17, 15) is 9.59 Å². The molecule has 2 N–H and O–H groups in total. The molecular weight excluding hydrogens is 472 g/mol. The average molecular weight is 494 g/mol. The summed E-state index contributed by atoms with van der Waals surface area (Å²) in [6.07, 6.45) is 1.42. The van der Waals surface area contributed by atoms with E-state index in [1.165, 1.54) is 6.20 Å². The van der Waals surface area contributed by atoms with Crippen LogP contribution in [0.2, 0.25) is 5.02 Å². The van der Waals surface area contributed by atoms with Crippen molar-refractivity contribution in [3.63, 3.8) is 0 Å². The molecule has 0 aliphatic rings. The van der Waals surface area contributed by atoms with E-state index >= 15 is 0 Å². The number of aromatic amines is 1. The number of ether oxygens (including phenoxy) is 1. The number of halogens is 2. The van der Waals surface area contributed by atoms with Crippen LogP contribution >= 0.6 is 27.5 Å². The first-order chi connectivity index (χ1) is 14.3. The third-order valence-corrected chi connectivity index (χ3v) is 5.24. The maximum atomic E-state index is 12.7. The van der Waals surface area contributed by atoms with Gasteiger partial charge in [0, 0.05) is 12.2 Å². The smallest absolute Gasteiger partial charge is 0.358 e. The van der Waals surface area contributed by atoms with Gasteiger partial charge in [-0.1, -0.05) is 41.9 Å². The fraction of sp³-hybridized carbons (Fsp3) is 0.286. The normalized spacial score (nSPS) is 12.1. The molecule has 158 valence electrons. The highest BCUT2D eigenvalue weighted by atomic mass is 79.9. The molecule has 1 atom stereocenters. The van der Waals surface area contributed by atoms with Gasteiger partial charge in [0.1, 0.15) is 5.69 Å². The number of imidazole rings is 1. The fourth-order valence-corrected chi connectivity index (χ4v) is 4.15. The van der Waals surface area contributed by atoms with Crippen molar-refractivity contribution in [3.05, 3.63) is 79.7 Å². The van der Waals surface area contributed by atoms with Crippen molar-refractivity contribution in [2.24, 2.45) is 0 Å². The van der Waals surface area contributed by atoms with Gasteiger partial charge in [0.25, 0.3) is 5.56 Å². The summed E-state index contributed by atoms with van der Waals surface area (Å²) in [5.74, 6) is -0.532. The lowest BCUT2D eigenvalue weighted by atomic mass is 10.0. The van der Waals surface area contributed by atoms with Gasteiger partial charge in [-0.3, -0.25) is 4.79 Å². The number of nitrogens with zero attached hydrogens (tertiary/aromatic N) is 2. The van der Waals surface area contributed by atoms with E-state index in [0.717, 1.165) is 5.56 Å². The third kappa shape index (κ3) is 4.60. The maximum Gasteiger partial charge on any atom is 0.358 e. The maximum absolute atomic E-state index is 12.7. The van der Waals surface area contributed by atoms with Crippen molar-refractivity contribution < 1.29 is 9.53 Å². The minimum atomic E-state index is -0.564. The number of carbonyl (C=O) groups is 1. The lowest BCUT2D eigenvalue weighted by Gasteiger charge is -2.24. The van der Waals surface area contributed by atoms with Gasteiger partial charge < -0.3 is 19.6 Å². The molecule has 0 amide bonds. The Morgan fingerprint density at radius 1 is 1.33 bits per heavy atom. The molecule has 0 spiro atoms. The molecule has 0 bridgehead atoms. The van der Waals surface area contributed by atoms with E-state index in [1.54, 1.807) is 13.0 Å². The number of aromatic nitrogens is 3. The van der Waals surface area contributed by atoms with Crippen molar-refractivity contribution >= 4 is 39.2 Å². The molecule has 9 heteroatoms. The van der Waals surface area contributed by atoms with Crippen LogP contribution in [0.15, 0.2) is 52.1 Å². The van der Waals surface area contributed by atoms with Crippen LogP contribution in [0.25, 0.3) is 0 Å². The van der Waals surface area contributed by atoms with Crippen molar-refractivity contribution in [2.75, 3.05) is 11.9 Å². The largest absolute Gasteiger partial charge is 0.461 e. The number of anilines is 1. The molecule has 2 heterocycles. The Bertz CT molecular complexity index is 1100. The molecule has 0 radical (unpaired) electrons. The molecule has 0 aliphatic heterocycles. The van der Waals surface area contributed by atoms with Crippen LogP contribution in [0, 0.1) is 0 Å². The number of H-pyrrole nitrogens is 1. The third-order valence-electron chi connectivity index (χ3n) is 4.46. The van der Waals surface area contributed by atoms with Gasteiger partial charge >= 0.3 is 5.97 Å². The first-order valence-corrected chi connectivity index (χ1v) is 10.6. The molecule has 0 fully saturated rings. The van der Waals surface area contributed by atoms with Crippen molar-refractivity contribution in [1.82, 2.24) is 14.5 Å². The number of benzene rings is 1. The Hall–Kier alpha value is -2.58. The van der Waals surface area contributed by atoms with Gasteiger partial charge in [0.15, 0.2) is 10.4 Å². The Morgan fingerprint density at radius 3 is 2.67 bits per heavy atom. The Balaban J connectivity index is 2.25.